The zero-order valence-electron chi connectivity index (χ0n) is 11.8. The number of nitrogens with one attached hydrogen (secondary N) is 1. The normalized spacial score (nSPS) is 12.2. The van der Waals surface area contributed by atoms with Gasteiger partial charge in [0.15, 0.2) is 0 Å². The van der Waals surface area contributed by atoms with Crippen LogP contribution in [0, 0.1) is 0 Å². The van der Waals surface area contributed by atoms with Gasteiger partial charge in [-0.3, -0.25) is 4.98 Å². The van der Waals surface area contributed by atoms with E-state index in [0.717, 1.165) is 23.3 Å². The Hall–Kier alpha value is -1.58. The second-order valence-corrected chi connectivity index (χ2v) is 5.07. The Morgan fingerprint density at radius 1 is 1.35 bits per heavy atom. The summed E-state index contributed by atoms with van der Waals surface area (Å²) < 4.78 is 5.73. The van der Waals surface area contributed by atoms with E-state index >= 15 is 0 Å². The van der Waals surface area contributed by atoms with Crippen molar-refractivity contribution in [3.8, 4) is 5.75 Å². The molecule has 1 N–H and O–H groups in total. The van der Waals surface area contributed by atoms with E-state index in [2.05, 4.69) is 17.2 Å². The molecule has 4 heteroatoms. The van der Waals surface area contributed by atoms with Crippen molar-refractivity contribution in [1.82, 2.24) is 10.3 Å². The van der Waals surface area contributed by atoms with E-state index in [1.165, 1.54) is 0 Å². The summed E-state index contributed by atoms with van der Waals surface area (Å²) in [7, 11) is 1.93. The van der Waals surface area contributed by atoms with Gasteiger partial charge >= 0.3 is 0 Å². The van der Waals surface area contributed by atoms with E-state index in [0.29, 0.717) is 11.6 Å². The van der Waals surface area contributed by atoms with E-state index in [1.54, 1.807) is 6.20 Å². The number of pyridine rings is 1. The van der Waals surface area contributed by atoms with Gasteiger partial charge in [0.25, 0.3) is 0 Å². The predicted octanol–water partition coefficient (Wildman–Crippen LogP) is 3.64. The van der Waals surface area contributed by atoms with E-state index in [1.807, 2.05) is 43.6 Å². The van der Waals surface area contributed by atoms with Crippen molar-refractivity contribution in [2.24, 2.45) is 0 Å². The molecule has 1 atom stereocenters. The van der Waals surface area contributed by atoms with Gasteiger partial charge in [-0.15, -0.1) is 0 Å². The summed E-state index contributed by atoms with van der Waals surface area (Å²) in [5.74, 6) is 0.725. The number of nitrogens with zero attached hydrogens (tertiary/aromatic N) is 1. The third-order valence-corrected chi connectivity index (χ3v) is 3.56. The average molecular weight is 291 g/mol. The van der Waals surface area contributed by atoms with Crippen molar-refractivity contribution in [1.29, 1.82) is 0 Å². The van der Waals surface area contributed by atoms with Crippen LogP contribution in [-0.4, -0.2) is 18.6 Å². The molecule has 1 heterocycles. The minimum absolute atomic E-state index is 0.275. The van der Waals surface area contributed by atoms with Crippen molar-refractivity contribution in [3.05, 3.63) is 58.9 Å². The number of benzene rings is 1. The van der Waals surface area contributed by atoms with Crippen LogP contribution in [0.15, 0.2) is 42.7 Å². The van der Waals surface area contributed by atoms with Crippen LogP contribution in [0.25, 0.3) is 0 Å². The minimum atomic E-state index is 0.275. The van der Waals surface area contributed by atoms with Crippen LogP contribution in [0.3, 0.4) is 0 Å². The first-order valence-corrected chi connectivity index (χ1v) is 7.07. The van der Waals surface area contributed by atoms with Gasteiger partial charge in [-0.1, -0.05) is 23.7 Å². The second-order valence-electron chi connectivity index (χ2n) is 4.66. The molecule has 20 heavy (non-hydrogen) atoms. The molecule has 0 aliphatic carbocycles. The molecule has 0 saturated heterocycles. The molecular weight excluding hydrogens is 272 g/mol. The van der Waals surface area contributed by atoms with Crippen molar-refractivity contribution < 1.29 is 4.74 Å². The molecule has 2 aromatic rings. The van der Waals surface area contributed by atoms with Gasteiger partial charge in [-0.05, 0) is 43.3 Å². The molecule has 3 nitrogen and oxygen atoms in total. The maximum absolute atomic E-state index is 6.25. The topological polar surface area (TPSA) is 34.1 Å². The summed E-state index contributed by atoms with van der Waals surface area (Å²) in [4.78, 5) is 4.08. The number of hydrogen-bond donors (Lipinski definition) is 1. The van der Waals surface area contributed by atoms with E-state index < -0.39 is 0 Å². The summed E-state index contributed by atoms with van der Waals surface area (Å²) in [5, 5.41) is 3.84. The number of rotatable bonds is 6. The summed E-state index contributed by atoms with van der Waals surface area (Å²) >= 11 is 6.25. The lowest BCUT2D eigenvalue weighted by molar-refractivity contribution is 0.322. The minimum Gasteiger partial charge on any atom is -0.492 e. The van der Waals surface area contributed by atoms with Crippen LogP contribution in [-0.2, 0) is 6.42 Å². The molecule has 0 saturated carbocycles. The molecule has 0 amide bonds. The second kappa shape index (κ2) is 7.27. The largest absolute Gasteiger partial charge is 0.492 e. The maximum atomic E-state index is 6.25. The lowest BCUT2D eigenvalue weighted by Gasteiger charge is -2.13. The predicted molar refractivity (Wildman–Crippen MR) is 82.4 cm³/mol. The Morgan fingerprint density at radius 2 is 2.20 bits per heavy atom. The Labute approximate surface area is 124 Å². The number of hydrogen-bond acceptors (Lipinski definition) is 3. The SMILES string of the molecule is CNC(C)c1ccc(OCCc2cccnc2)c(Cl)c1. The Morgan fingerprint density at radius 3 is 2.85 bits per heavy atom. The van der Waals surface area contributed by atoms with Crippen LogP contribution in [0.2, 0.25) is 5.02 Å². The van der Waals surface area contributed by atoms with Crippen LogP contribution >= 0.6 is 11.6 Å². The molecule has 106 valence electrons. The fourth-order valence-electron chi connectivity index (χ4n) is 1.89. The van der Waals surface area contributed by atoms with Gasteiger partial charge in [0.05, 0.1) is 11.6 Å². The first-order valence-electron chi connectivity index (χ1n) is 6.69. The third kappa shape index (κ3) is 3.95. The van der Waals surface area contributed by atoms with E-state index in [9.17, 15) is 0 Å². The van der Waals surface area contributed by atoms with Gasteiger partial charge in [-0.25, -0.2) is 0 Å². The number of ether oxygens (including phenoxy) is 1. The van der Waals surface area contributed by atoms with Gasteiger partial charge in [0.1, 0.15) is 5.75 Å². The fourth-order valence-corrected chi connectivity index (χ4v) is 2.14. The first kappa shape index (κ1) is 14.8. The molecule has 0 radical (unpaired) electrons. The summed E-state index contributed by atoms with van der Waals surface area (Å²) in [6.45, 7) is 2.68. The third-order valence-electron chi connectivity index (χ3n) is 3.26. The molecule has 0 spiro atoms. The highest BCUT2D eigenvalue weighted by atomic mass is 35.5. The van der Waals surface area contributed by atoms with E-state index in [4.69, 9.17) is 16.3 Å². The highest BCUT2D eigenvalue weighted by Gasteiger charge is 2.07. The first-order chi connectivity index (χ1) is 9.70. The Bertz CT molecular complexity index is 545. The van der Waals surface area contributed by atoms with Gasteiger partial charge < -0.3 is 10.1 Å². The van der Waals surface area contributed by atoms with Crippen molar-refractivity contribution in [2.45, 2.75) is 19.4 Å². The molecule has 0 aliphatic rings. The smallest absolute Gasteiger partial charge is 0.137 e. The van der Waals surface area contributed by atoms with Crippen LogP contribution in [0.1, 0.15) is 24.1 Å². The standard InChI is InChI=1S/C16H19ClN2O/c1-12(18-2)14-5-6-16(15(17)10-14)20-9-7-13-4-3-8-19-11-13/h3-6,8,10-12,18H,7,9H2,1-2H3. The Kier molecular flexibility index (Phi) is 5.39. The summed E-state index contributed by atoms with van der Waals surface area (Å²) in [6, 6.07) is 10.1. The number of halogens is 1. The highest BCUT2D eigenvalue weighted by Crippen LogP contribution is 2.27. The molecule has 0 bridgehead atoms. The molecule has 1 aromatic heterocycles. The van der Waals surface area contributed by atoms with Gasteiger partial charge in [0, 0.05) is 24.9 Å². The molecule has 1 aromatic carbocycles. The molecule has 0 fully saturated rings. The average Bonchev–Trinajstić information content (AvgIpc) is 2.49. The Balaban J connectivity index is 1.93. The number of aromatic nitrogens is 1. The highest BCUT2D eigenvalue weighted by molar-refractivity contribution is 6.32. The quantitative estimate of drug-likeness (QED) is 0.882. The monoisotopic (exact) mass is 290 g/mol. The maximum Gasteiger partial charge on any atom is 0.137 e. The summed E-state index contributed by atoms with van der Waals surface area (Å²) in [6.07, 6.45) is 4.43. The van der Waals surface area contributed by atoms with Crippen molar-refractivity contribution >= 4 is 11.6 Å². The van der Waals surface area contributed by atoms with Crippen LogP contribution in [0.4, 0.5) is 0 Å². The lowest BCUT2D eigenvalue weighted by atomic mass is 10.1. The molecular formula is C16H19ClN2O. The zero-order chi connectivity index (χ0) is 14.4. The van der Waals surface area contributed by atoms with Crippen molar-refractivity contribution in [3.63, 3.8) is 0 Å². The zero-order valence-corrected chi connectivity index (χ0v) is 12.5. The molecule has 2 rings (SSSR count). The van der Waals surface area contributed by atoms with Gasteiger partial charge in [-0.2, -0.15) is 0 Å². The van der Waals surface area contributed by atoms with Crippen LogP contribution in [0.5, 0.6) is 5.75 Å². The molecule has 0 aliphatic heterocycles. The van der Waals surface area contributed by atoms with Gasteiger partial charge in [0.2, 0.25) is 0 Å². The lowest BCUT2D eigenvalue weighted by Crippen LogP contribution is -2.12. The fraction of sp³-hybridized carbons (Fsp3) is 0.312. The van der Waals surface area contributed by atoms with E-state index in [-0.39, 0.29) is 6.04 Å². The van der Waals surface area contributed by atoms with Crippen LogP contribution < -0.4 is 10.1 Å². The van der Waals surface area contributed by atoms with Crippen molar-refractivity contribution in [2.75, 3.05) is 13.7 Å². The molecule has 1 unspecified atom stereocenters. The summed E-state index contributed by atoms with van der Waals surface area (Å²) in [5.41, 5.74) is 2.31.